The van der Waals surface area contributed by atoms with E-state index in [2.05, 4.69) is 13.8 Å². The average molecular weight is 284 g/mol. The van der Waals surface area contributed by atoms with Crippen LogP contribution in [0.1, 0.15) is 97.8 Å². The van der Waals surface area contributed by atoms with Gasteiger partial charge < -0.3 is 4.74 Å². The lowest BCUT2D eigenvalue weighted by Gasteiger charge is -2.05. The highest BCUT2D eigenvalue weighted by molar-refractivity contribution is 5.65. The minimum absolute atomic E-state index is 0.154. The Morgan fingerprint density at radius 1 is 0.750 bits per heavy atom. The van der Waals surface area contributed by atoms with Gasteiger partial charge in [0.05, 0.1) is 6.61 Å². The minimum atomic E-state index is -0.154. The fourth-order valence-electron chi connectivity index (χ4n) is 2.46. The second-order valence-electron chi connectivity index (χ2n) is 6.41. The monoisotopic (exact) mass is 284 g/mol. The maximum absolute atomic E-state index is 10.6. The predicted molar refractivity (Wildman–Crippen MR) is 86.9 cm³/mol. The Bertz CT molecular complexity index is 211. The van der Waals surface area contributed by atoms with Crippen LogP contribution in [0.2, 0.25) is 0 Å². The van der Waals surface area contributed by atoms with Gasteiger partial charge in [0.1, 0.15) is 0 Å². The standard InChI is InChI=1S/C18H36O2/c1-17(2)15-13-11-9-7-5-4-6-8-10-12-14-16-20-18(3)19/h17H,4-16H2,1-3H3. The lowest BCUT2D eigenvalue weighted by Crippen LogP contribution is -2.00. The summed E-state index contributed by atoms with van der Waals surface area (Å²) in [6.07, 6.45) is 16.1. The number of esters is 1. The van der Waals surface area contributed by atoms with E-state index in [0.29, 0.717) is 6.61 Å². The molecule has 0 aliphatic carbocycles. The molecule has 0 unspecified atom stereocenters. The molecule has 0 N–H and O–H groups in total. The van der Waals surface area contributed by atoms with Crippen molar-refractivity contribution in [3.8, 4) is 0 Å². The number of carbonyl (C=O) groups excluding carboxylic acids is 1. The first-order valence-corrected chi connectivity index (χ1v) is 8.76. The molecule has 0 amide bonds. The zero-order chi connectivity index (χ0) is 15.1. The Hall–Kier alpha value is -0.530. The maximum atomic E-state index is 10.6. The first kappa shape index (κ1) is 19.5. The molecule has 0 fully saturated rings. The summed E-state index contributed by atoms with van der Waals surface area (Å²) in [7, 11) is 0. The number of unbranched alkanes of at least 4 members (excludes halogenated alkanes) is 10. The number of hydrogen-bond acceptors (Lipinski definition) is 2. The summed E-state index contributed by atoms with van der Waals surface area (Å²) in [5, 5.41) is 0. The molecule has 0 heterocycles. The van der Waals surface area contributed by atoms with Crippen LogP contribution < -0.4 is 0 Å². The highest BCUT2D eigenvalue weighted by atomic mass is 16.5. The summed E-state index contributed by atoms with van der Waals surface area (Å²) in [5.74, 6) is 0.717. The molecule has 0 aliphatic heterocycles. The second-order valence-corrected chi connectivity index (χ2v) is 6.41. The van der Waals surface area contributed by atoms with Crippen LogP contribution in [0.5, 0.6) is 0 Å². The Morgan fingerprint density at radius 2 is 1.15 bits per heavy atom. The molecule has 0 bridgehead atoms. The van der Waals surface area contributed by atoms with Gasteiger partial charge in [0.2, 0.25) is 0 Å². The molecule has 20 heavy (non-hydrogen) atoms. The quantitative estimate of drug-likeness (QED) is 0.294. The van der Waals surface area contributed by atoms with Gasteiger partial charge in [-0.2, -0.15) is 0 Å². The van der Waals surface area contributed by atoms with Crippen LogP contribution in [0.3, 0.4) is 0 Å². The predicted octanol–water partition coefficient (Wildman–Crippen LogP) is 5.89. The van der Waals surface area contributed by atoms with E-state index in [1.165, 1.54) is 77.6 Å². The molecule has 120 valence electrons. The second kappa shape index (κ2) is 14.9. The summed E-state index contributed by atoms with van der Waals surface area (Å²) in [6, 6.07) is 0. The van der Waals surface area contributed by atoms with Gasteiger partial charge in [-0.3, -0.25) is 4.79 Å². The smallest absolute Gasteiger partial charge is 0.302 e. The van der Waals surface area contributed by atoms with Crippen LogP contribution in [0.25, 0.3) is 0 Å². The van der Waals surface area contributed by atoms with E-state index in [9.17, 15) is 4.79 Å². The third kappa shape index (κ3) is 17.5. The average Bonchev–Trinajstić information content (AvgIpc) is 2.38. The van der Waals surface area contributed by atoms with Crippen LogP contribution in [0, 0.1) is 5.92 Å². The minimum Gasteiger partial charge on any atom is -0.466 e. The topological polar surface area (TPSA) is 26.3 Å². The van der Waals surface area contributed by atoms with Gasteiger partial charge in [-0.25, -0.2) is 0 Å². The Kier molecular flexibility index (Phi) is 14.5. The Labute approximate surface area is 126 Å². The normalized spacial score (nSPS) is 11.0. The molecule has 0 aromatic carbocycles. The van der Waals surface area contributed by atoms with Crippen LogP contribution in [-0.4, -0.2) is 12.6 Å². The van der Waals surface area contributed by atoms with Gasteiger partial charge in [0, 0.05) is 6.92 Å². The molecular formula is C18H36O2. The van der Waals surface area contributed by atoms with Crippen molar-refractivity contribution in [1.82, 2.24) is 0 Å². The van der Waals surface area contributed by atoms with Crippen molar-refractivity contribution < 1.29 is 9.53 Å². The molecule has 0 aromatic heterocycles. The van der Waals surface area contributed by atoms with Crippen molar-refractivity contribution >= 4 is 5.97 Å². The zero-order valence-electron chi connectivity index (χ0n) is 14.1. The highest BCUT2D eigenvalue weighted by Crippen LogP contribution is 2.13. The first-order chi connectivity index (χ1) is 9.63. The molecule has 2 nitrogen and oxygen atoms in total. The van der Waals surface area contributed by atoms with Gasteiger partial charge in [0.15, 0.2) is 0 Å². The summed E-state index contributed by atoms with van der Waals surface area (Å²) in [5.41, 5.74) is 0. The van der Waals surface area contributed by atoms with Crippen molar-refractivity contribution in [2.75, 3.05) is 6.61 Å². The molecular weight excluding hydrogens is 248 g/mol. The number of ether oxygens (including phenoxy) is 1. The van der Waals surface area contributed by atoms with Crippen molar-refractivity contribution in [2.24, 2.45) is 5.92 Å². The summed E-state index contributed by atoms with van der Waals surface area (Å²) in [6.45, 7) is 6.70. The largest absolute Gasteiger partial charge is 0.466 e. The van der Waals surface area contributed by atoms with Gasteiger partial charge >= 0.3 is 5.97 Å². The fourth-order valence-corrected chi connectivity index (χ4v) is 2.46. The summed E-state index contributed by atoms with van der Waals surface area (Å²) >= 11 is 0. The molecule has 0 aliphatic rings. The van der Waals surface area contributed by atoms with E-state index in [1.54, 1.807) is 0 Å². The van der Waals surface area contributed by atoms with Gasteiger partial charge in [-0.15, -0.1) is 0 Å². The number of rotatable bonds is 14. The van der Waals surface area contributed by atoms with Crippen molar-refractivity contribution in [1.29, 1.82) is 0 Å². The van der Waals surface area contributed by atoms with Crippen molar-refractivity contribution in [3.63, 3.8) is 0 Å². The molecule has 0 spiro atoms. The SMILES string of the molecule is CC(=O)OCCCCCCCCCCCCCC(C)C. The third-order valence-corrected chi connectivity index (χ3v) is 3.73. The van der Waals surface area contributed by atoms with Gasteiger partial charge in [0.25, 0.3) is 0 Å². The molecule has 0 saturated heterocycles. The lowest BCUT2D eigenvalue weighted by atomic mass is 10.0. The van der Waals surface area contributed by atoms with Crippen LogP contribution in [0.4, 0.5) is 0 Å². The first-order valence-electron chi connectivity index (χ1n) is 8.76. The van der Waals surface area contributed by atoms with Gasteiger partial charge in [-0.1, -0.05) is 84.5 Å². The molecule has 0 aromatic rings. The van der Waals surface area contributed by atoms with E-state index in [0.717, 1.165) is 12.3 Å². The third-order valence-electron chi connectivity index (χ3n) is 3.73. The maximum Gasteiger partial charge on any atom is 0.302 e. The molecule has 2 heteroatoms. The van der Waals surface area contributed by atoms with Crippen molar-refractivity contribution in [2.45, 2.75) is 97.8 Å². The number of carbonyl (C=O) groups is 1. The summed E-state index contributed by atoms with van der Waals surface area (Å²) in [4.78, 5) is 10.6. The Morgan fingerprint density at radius 3 is 1.55 bits per heavy atom. The molecule has 0 atom stereocenters. The summed E-state index contributed by atoms with van der Waals surface area (Å²) < 4.78 is 4.91. The lowest BCUT2D eigenvalue weighted by molar-refractivity contribution is -0.141. The van der Waals surface area contributed by atoms with E-state index >= 15 is 0 Å². The Balaban J connectivity index is 2.97. The van der Waals surface area contributed by atoms with Crippen LogP contribution in [0.15, 0.2) is 0 Å². The zero-order valence-corrected chi connectivity index (χ0v) is 14.1. The van der Waals surface area contributed by atoms with E-state index < -0.39 is 0 Å². The van der Waals surface area contributed by atoms with Crippen LogP contribution in [-0.2, 0) is 9.53 Å². The van der Waals surface area contributed by atoms with Gasteiger partial charge in [-0.05, 0) is 12.3 Å². The molecule has 0 rings (SSSR count). The molecule has 0 saturated carbocycles. The molecule has 0 radical (unpaired) electrons. The van der Waals surface area contributed by atoms with Crippen LogP contribution >= 0.6 is 0 Å². The van der Waals surface area contributed by atoms with E-state index in [-0.39, 0.29) is 5.97 Å². The van der Waals surface area contributed by atoms with E-state index in [1.807, 2.05) is 0 Å². The fraction of sp³-hybridized carbons (Fsp3) is 0.944. The van der Waals surface area contributed by atoms with E-state index in [4.69, 9.17) is 4.74 Å². The van der Waals surface area contributed by atoms with Crippen molar-refractivity contribution in [3.05, 3.63) is 0 Å². The number of hydrogen-bond donors (Lipinski definition) is 0. The highest BCUT2D eigenvalue weighted by Gasteiger charge is 1.96.